The summed E-state index contributed by atoms with van der Waals surface area (Å²) in [5.41, 5.74) is 1.92. The van der Waals surface area contributed by atoms with Crippen LogP contribution in [0.1, 0.15) is 225 Å². The predicted molar refractivity (Wildman–Crippen MR) is 231 cm³/mol. The van der Waals surface area contributed by atoms with E-state index in [1.54, 1.807) is 0 Å². The van der Waals surface area contributed by atoms with Crippen LogP contribution in [0.5, 0.6) is 17.2 Å². The summed E-state index contributed by atoms with van der Waals surface area (Å²) in [6, 6.07) is 14.4. The molecule has 0 fully saturated rings. The maximum absolute atomic E-state index is 6.56. The molecule has 3 nitrogen and oxygen atoms in total. The molecule has 300 valence electrons. The SMILES string of the molecule is CCCCCCCCCCCCOc1cc(C#Cc2ccccc2)cc(OCCCCCCCCCCCC)c1OCCCCCCCCCCCC. The molecule has 0 N–H and O–H groups in total. The number of ether oxygens (including phenoxy) is 3. The Morgan fingerprint density at radius 1 is 0.340 bits per heavy atom. The van der Waals surface area contributed by atoms with Gasteiger partial charge in [0.05, 0.1) is 19.8 Å². The Labute approximate surface area is 329 Å². The lowest BCUT2D eigenvalue weighted by Gasteiger charge is -2.18. The molecule has 0 unspecified atom stereocenters. The summed E-state index contributed by atoms with van der Waals surface area (Å²) < 4.78 is 19.6. The molecule has 0 spiro atoms. The van der Waals surface area contributed by atoms with Crippen molar-refractivity contribution in [1.29, 1.82) is 0 Å². The Bertz CT molecular complexity index is 1100. The van der Waals surface area contributed by atoms with Gasteiger partial charge in [-0.05, 0) is 43.5 Å². The van der Waals surface area contributed by atoms with Gasteiger partial charge in [-0.25, -0.2) is 0 Å². The summed E-state index contributed by atoms with van der Waals surface area (Å²) in [6.45, 7) is 8.94. The lowest BCUT2D eigenvalue weighted by molar-refractivity contribution is 0.234. The third-order valence-electron chi connectivity index (χ3n) is 10.4. The third-order valence-corrected chi connectivity index (χ3v) is 10.4. The monoisotopic (exact) mass is 731 g/mol. The largest absolute Gasteiger partial charge is 0.490 e. The third kappa shape index (κ3) is 25.9. The fraction of sp³-hybridized carbons (Fsp3) is 0.720. The van der Waals surface area contributed by atoms with E-state index in [4.69, 9.17) is 14.2 Å². The summed E-state index contributed by atoms with van der Waals surface area (Å²) in [7, 11) is 0. The second-order valence-electron chi connectivity index (χ2n) is 15.5. The van der Waals surface area contributed by atoms with Crippen molar-refractivity contribution >= 4 is 0 Å². The molecule has 0 atom stereocenters. The van der Waals surface area contributed by atoms with Gasteiger partial charge in [0, 0.05) is 11.1 Å². The van der Waals surface area contributed by atoms with Crippen molar-refractivity contribution in [3.8, 4) is 29.1 Å². The molecule has 0 radical (unpaired) electrons. The zero-order valence-corrected chi connectivity index (χ0v) is 35.1. The highest BCUT2D eigenvalue weighted by Crippen LogP contribution is 2.39. The van der Waals surface area contributed by atoms with Crippen LogP contribution in [0.3, 0.4) is 0 Å². The second kappa shape index (κ2) is 35.1. The van der Waals surface area contributed by atoms with E-state index in [1.165, 1.54) is 173 Å². The number of hydrogen-bond acceptors (Lipinski definition) is 3. The Hall–Kier alpha value is -2.60. The maximum Gasteiger partial charge on any atom is 0.203 e. The summed E-state index contributed by atoms with van der Waals surface area (Å²) in [6.07, 6.45) is 39.4. The molecule has 0 aliphatic heterocycles. The summed E-state index contributed by atoms with van der Waals surface area (Å²) >= 11 is 0. The molecule has 2 aromatic carbocycles. The van der Waals surface area contributed by atoms with Crippen molar-refractivity contribution in [2.45, 2.75) is 213 Å². The van der Waals surface area contributed by atoms with E-state index in [9.17, 15) is 0 Å². The zero-order valence-electron chi connectivity index (χ0n) is 35.1. The van der Waals surface area contributed by atoms with Gasteiger partial charge < -0.3 is 14.2 Å². The van der Waals surface area contributed by atoms with E-state index in [2.05, 4.69) is 56.9 Å². The van der Waals surface area contributed by atoms with Crippen LogP contribution >= 0.6 is 0 Å². The predicted octanol–water partition coefficient (Wildman–Crippen LogP) is 16.0. The smallest absolute Gasteiger partial charge is 0.203 e. The van der Waals surface area contributed by atoms with E-state index in [1.807, 2.05) is 18.2 Å². The highest BCUT2D eigenvalue weighted by Gasteiger charge is 2.16. The molecule has 2 rings (SSSR count). The molecular formula is C50H82O3. The van der Waals surface area contributed by atoms with E-state index in [-0.39, 0.29) is 0 Å². The zero-order chi connectivity index (χ0) is 37.7. The van der Waals surface area contributed by atoms with E-state index >= 15 is 0 Å². The second-order valence-corrected chi connectivity index (χ2v) is 15.5. The molecule has 0 amide bonds. The van der Waals surface area contributed by atoms with Gasteiger partial charge in [0.25, 0.3) is 0 Å². The highest BCUT2D eigenvalue weighted by atomic mass is 16.5. The minimum Gasteiger partial charge on any atom is -0.490 e. The van der Waals surface area contributed by atoms with E-state index in [0.717, 1.165) is 47.6 Å². The van der Waals surface area contributed by atoms with Gasteiger partial charge in [0.15, 0.2) is 11.5 Å². The molecule has 53 heavy (non-hydrogen) atoms. The van der Waals surface area contributed by atoms with Crippen LogP contribution in [0, 0.1) is 11.8 Å². The van der Waals surface area contributed by atoms with Gasteiger partial charge in [-0.2, -0.15) is 0 Å². The first kappa shape index (κ1) is 46.6. The fourth-order valence-corrected chi connectivity index (χ4v) is 6.98. The molecule has 0 saturated heterocycles. The van der Waals surface area contributed by atoms with Crippen molar-refractivity contribution in [2.75, 3.05) is 19.8 Å². The molecule has 0 aliphatic rings. The normalized spacial score (nSPS) is 11.0. The first-order valence-electron chi connectivity index (χ1n) is 22.9. The quantitative estimate of drug-likeness (QED) is 0.0516. The minimum atomic E-state index is 0.689. The van der Waals surface area contributed by atoms with Gasteiger partial charge in [0.2, 0.25) is 5.75 Å². The Balaban J connectivity index is 2.00. The molecule has 0 aliphatic carbocycles. The van der Waals surface area contributed by atoms with Gasteiger partial charge in [0.1, 0.15) is 0 Å². The van der Waals surface area contributed by atoms with Crippen molar-refractivity contribution in [3.05, 3.63) is 53.6 Å². The molecule has 0 bridgehead atoms. The maximum atomic E-state index is 6.56. The standard InChI is InChI=1S/C50H82O3/c1-4-7-10-13-16-19-22-25-28-34-41-51-48-44-47(40-39-46-37-32-31-33-38-46)45-49(52-42-35-29-26-23-20-17-14-11-8-5-2)50(48)53-43-36-30-27-24-21-18-15-12-9-6-3/h31-33,37-38,44-45H,4-30,34-36,41-43H2,1-3H3. The summed E-state index contributed by atoms with van der Waals surface area (Å²) in [5, 5.41) is 0. The molecule has 0 aromatic heterocycles. The first-order chi connectivity index (χ1) is 26.3. The Morgan fingerprint density at radius 2 is 0.642 bits per heavy atom. The number of benzene rings is 2. The summed E-state index contributed by atoms with van der Waals surface area (Å²) in [5.74, 6) is 9.08. The van der Waals surface area contributed by atoms with Gasteiger partial charge >= 0.3 is 0 Å². The van der Waals surface area contributed by atoms with Crippen LogP contribution in [0.15, 0.2) is 42.5 Å². The molecule has 0 saturated carbocycles. The number of rotatable bonds is 36. The molecule has 3 heteroatoms. The molecular weight excluding hydrogens is 649 g/mol. The van der Waals surface area contributed by atoms with Crippen LogP contribution in [0.2, 0.25) is 0 Å². The number of unbranched alkanes of at least 4 members (excludes halogenated alkanes) is 27. The van der Waals surface area contributed by atoms with Gasteiger partial charge in [-0.3, -0.25) is 0 Å². The van der Waals surface area contributed by atoms with E-state index < -0.39 is 0 Å². The number of hydrogen-bond donors (Lipinski definition) is 0. The average Bonchev–Trinajstić information content (AvgIpc) is 3.18. The lowest BCUT2D eigenvalue weighted by atomic mass is 10.1. The summed E-state index contributed by atoms with van der Waals surface area (Å²) in [4.78, 5) is 0. The van der Waals surface area contributed by atoms with Crippen LogP contribution in [-0.2, 0) is 0 Å². The molecule has 0 heterocycles. The average molecular weight is 731 g/mol. The van der Waals surface area contributed by atoms with E-state index in [0.29, 0.717) is 19.8 Å². The Morgan fingerprint density at radius 3 is 1.00 bits per heavy atom. The van der Waals surface area contributed by atoms with Crippen molar-refractivity contribution < 1.29 is 14.2 Å². The van der Waals surface area contributed by atoms with Crippen molar-refractivity contribution in [2.24, 2.45) is 0 Å². The van der Waals surface area contributed by atoms with Crippen LogP contribution in [0.25, 0.3) is 0 Å². The molecule has 2 aromatic rings. The van der Waals surface area contributed by atoms with Crippen LogP contribution in [0.4, 0.5) is 0 Å². The lowest BCUT2D eigenvalue weighted by Crippen LogP contribution is -2.07. The van der Waals surface area contributed by atoms with Crippen LogP contribution < -0.4 is 14.2 Å². The first-order valence-corrected chi connectivity index (χ1v) is 22.9. The van der Waals surface area contributed by atoms with Gasteiger partial charge in [-0.1, -0.05) is 224 Å². The van der Waals surface area contributed by atoms with Crippen molar-refractivity contribution in [3.63, 3.8) is 0 Å². The van der Waals surface area contributed by atoms with Crippen LogP contribution in [-0.4, -0.2) is 19.8 Å². The minimum absolute atomic E-state index is 0.689. The fourth-order valence-electron chi connectivity index (χ4n) is 6.98. The topological polar surface area (TPSA) is 27.7 Å². The van der Waals surface area contributed by atoms with Crippen molar-refractivity contribution in [1.82, 2.24) is 0 Å². The Kier molecular flexibility index (Phi) is 30.9. The highest BCUT2D eigenvalue weighted by molar-refractivity contribution is 5.58. The van der Waals surface area contributed by atoms with Gasteiger partial charge in [-0.15, -0.1) is 0 Å².